The van der Waals surface area contributed by atoms with E-state index in [2.05, 4.69) is 50.0 Å². The average Bonchev–Trinajstić information content (AvgIpc) is 2.91. The van der Waals surface area contributed by atoms with Crippen molar-refractivity contribution in [3.63, 3.8) is 0 Å². The quantitative estimate of drug-likeness (QED) is 0.306. The summed E-state index contributed by atoms with van der Waals surface area (Å²) in [5, 5.41) is 3.16. The Hall–Kier alpha value is -3.51. The second kappa shape index (κ2) is 14.4. The van der Waals surface area contributed by atoms with Crippen LogP contribution in [0.2, 0.25) is 0 Å². The number of allylic oxidation sites excluding steroid dienone is 3. The molecule has 0 saturated heterocycles. The molecule has 2 unspecified atom stereocenters. The van der Waals surface area contributed by atoms with Gasteiger partial charge in [0, 0.05) is 6.54 Å². The van der Waals surface area contributed by atoms with Crippen molar-refractivity contribution in [2.45, 2.75) is 59.9 Å². The minimum atomic E-state index is -0.595. The minimum absolute atomic E-state index is 0.00556. The van der Waals surface area contributed by atoms with Crippen molar-refractivity contribution >= 4 is 17.7 Å². The molecule has 3 rings (SSSR count). The SMILES string of the molecule is COC(=O)C[C@H](NC(=O)C(CC(C)C)C1C=C(CCN(C)C)C(C)=CC1=O)c1cccc(-c2c(C)cccc2C)c1. The summed E-state index contributed by atoms with van der Waals surface area (Å²) in [5.74, 6) is -1.57. The van der Waals surface area contributed by atoms with Crippen LogP contribution in [-0.2, 0) is 19.1 Å². The Balaban J connectivity index is 1.97. The molecule has 6 nitrogen and oxygen atoms in total. The molecule has 0 radical (unpaired) electrons. The van der Waals surface area contributed by atoms with Crippen LogP contribution in [0.15, 0.2) is 65.8 Å². The topological polar surface area (TPSA) is 75.7 Å². The Morgan fingerprint density at radius 3 is 2.29 bits per heavy atom. The van der Waals surface area contributed by atoms with Crippen LogP contribution in [0.4, 0.5) is 0 Å². The van der Waals surface area contributed by atoms with Crippen LogP contribution >= 0.6 is 0 Å². The van der Waals surface area contributed by atoms with Gasteiger partial charge in [0.1, 0.15) is 0 Å². The third kappa shape index (κ3) is 8.49. The number of nitrogens with one attached hydrogen (secondary N) is 1. The third-order valence-electron chi connectivity index (χ3n) is 7.87. The molecule has 1 amide bonds. The number of methoxy groups -OCH3 is 1. The van der Waals surface area contributed by atoms with Crippen LogP contribution in [0.1, 0.15) is 62.8 Å². The predicted octanol–water partition coefficient (Wildman–Crippen LogP) is 6.38. The fraction of sp³-hybridized carbons (Fsp3) is 0.457. The van der Waals surface area contributed by atoms with E-state index in [1.807, 2.05) is 57.4 Å². The molecule has 0 spiro atoms. The highest BCUT2D eigenvalue weighted by atomic mass is 16.5. The van der Waals surface area contributed by atoms with E-state index in [0.29, 0.717) is 6.42 Å². The van der Waals surface area contributed by atoms with Crippen molar-refractivity contribution in [2.75, 3.05) is 27.7 Å². The molecule has 2 aromatic rings. The summed E-state index contributed by atoms with van der Waals surface area (Å²) >= 11 is 0. The predicted molar refractivity (Wildman–Crippen MR) is 165 cm³/mol. The molecule has 1 N–H and O–H groups in total. The number of aryl methyl sites for hydroxylation is 2. The lowest BCUT2D eigenvalue weighted by atomic mass is 9.77. The van der Waals surface area contributed by atoms with E-state index in [1.54, 1.807) is 6.08 Å². The lowest BCUT2D eigenvalue weighted by Crippen LogP contribution is -2.41. The molecular weight excluding hydrogens is 512 g/mol. The number of esters is 1. The largest absolute Gasteiger partial charge is 0.469 e. The van der Waals surface area contributed by atoms with Crippen LogP contribution in [0, 0.1) is 31.6 Å². The summed E-state index contributed by atoms with van der Waals surface area (Å²) in [4.78, 5) is 41.9. The number of carbonyl (C=O) groups is 3. The molecule has 0 bridgehead atoms. The number of ether oxygens (including phenoxy) is 1. The number of ketones is 1. The number of benzene rings is 2. The zero-order chi connectivity index (χ0) is 30.3. The van der Waals surface area contributed by atoms with E-state index >= 15 is 0 Å². The molecule has 0 aromatic heterocycles. The van der Waals surface area contributed by atoms with Crippen LogP contribution in [-0.4, -0.2) is 50.3 Å². The Morgan fingerprint density at radius 2 is 1.68 bits per heavy atom. The smallest absolute Gasteiger partial charge is 0.307 e. The first-order valence-corrected chi connectivity index (χ1v) is 14.5. The first-order valence-electron chi connectivity index (χ1n) is 14.5. The normalized spacial score (nSPS) is 16.7. The summed E-state index contributed by atoms with van der Waals surface area (Å²) in [6, 6.07) is 13.6. The van der Waals surface area contributed by atoms with E-state index in [4.69, 9.17) is 4.74 Å². The summed E-state index contributed by atoms with van der Waals surface area (Å²) in [6.07, 6.45) is 5.06. The summed E-state index contributed by atoms with van der Waals surface area (Å²) in [5.41, 5.74) is 7.37. The molecule has 0 fully saturated rings. The molecule has 1 aliphatic carbocycles. The fourth-order valence-corrected chi connectivity index (χ4v) is 5.66. The van der Waals surface area contributed by atoms with Gasteiger partial charge >= 0.3 is 5.97 Å². The van der Waals surface area contributed by atoms with Gasteiger partial charge in [-0.05, 0) is 105 Å². The zero-order valence-electron chi connectivity index (χ0n) is 25.9. The van der Waals surface area contributed by atoms with Gasteiger partial charge in [-0.1, -0.05) is 56.3 Å². The van der Waals surface area contributed by atoms with Crippen LogP contribution in [0.25, 0.3) is 11.1 Å². The van der Waals surface area contributed by atoms with Crippen LogP contribution in [0.5, 0.6) is 0 Å². The molecule has 0 heterocycles. The van der Waals surface area contributed by atoms with Gasteiger partial charge in [0.05, 0.1) is 31.4 Å². The summed E-state index contributed by atoms with van der Waals surface area (Å²) < 4.78 is 5.00. The monoisotopic (exact) mass is 558 g/mol. The summed E-state index contributed by atoms with van der Waals surface area (Å²) in [6.45, 7) is 11.1. The van der Waals surface area contributed by atoms with Crippen molar-refractivity contribution in [3.05, 3.63) is 82.5 Å². The molecule has 0 saturated carbocycles. The first kappa shape index (κ1) is 32.0. The molecule has 220 valence electrons. The molecule has 1 aliphatic rings. The first-order chi connectivity index (χ1) is 19.4. The Bertz CT molecular complexity index is 1300. The van der Waals surface area contributed by atoms with Gasteiger partial charge in [0.25, 0.3) is 0 Å². The van der Waals surface area contributed by atoms with Crippen molar-refractivity contribution in [1.29, 1.82) is 0 Å². The van der Waals surface area contributed by atoms with Gasteiger partial charge in [0.2, 0.25) is 5.91 Å². The van der Waals surface area contributed by atoms with E-state index < -0.39 is 23.8 Å². The fourth-order valence-electron chi connectivity index (χ4n) is 5.66. The molecular formula is C35H46N2O4. The minimum Gasteiger partial charge on any atom is -0.469 e. The van der Waals surface area contributed by atoms with E-state index in [1.165, 1.54) is 7.11 Å². The van der Waals surface area contributed by atoms with Crippen molar-refractivity contribution in [1.82, 2.24) is 10.2 Å². The Morgan fingerprint density at radius 1 is 1.02 bits per heavy atom. The second-order valence-corrected chi connectivity index (χ2v) is 12.0. The maximum absolute atomic E-state index is 14.0. The highest BCUT2D eigenvalue weighted by Crippen LogP contribution is 2.33. The number of rotatable bonds is 12. The van der Waals surface area contributed by atoms with Crippen LogP contribution in [0.3, 0.4) is 0 Å². The highest BCUT2D eigenvalue weighted by molar-refractivity contribution is 5.99. The number of carbonyl (C=O) groups excluding carboxylic acids is 3. The maximum Gasteiger partial charge on any atom is 0.307 e. The molecule has 6 heteroatoms. The van der Waals surface area contributed by atoms with Gasteiger partial charge in [-0.3, -0.25) is 14.4 Å². The molecule has 41 heavy (non-hydrogen) atoms. The van der Waals surface area contributed by atoms with E-state index in [-0.39, 0.29) is 24.0 Å². The van der Waals surface area contributed by atoms with Crippen LogP contribution < -0.4 is 5.32 Å². The number of hydrogen-bond acceptors (Lipinski definition) is 5. The number of amides is 1. The van der Waals surface area contributed by atoms with Crippen molar-refractivity contribution in [2.24, 2.45) is 17.8 Å². The Kier molecular flexibility index (Phi) is 11.2. The van der Waals surface area contributed by atoms with Crippen molar-refractivity contribution < 1.29 is 19.1 Å². The second-order valence-electron chi connectivity index (χ2n) is 12.0. The lowest BCUT2D eigenvalue weighted by molar-refractivity contribution is -0.141. The molecule has 2 aromatic carbocycles. The third-order valence-corrected chi connectivity index (χ3v) is 7.87. The zero-order valence-corrected chi connectivity index (χ0v) is 25.9. The molecule has 3 atom stereocenters. The molecule has 0 aliphatic heterocycles. The number of nitrogens with zero attached hydrogens (tertiary/aromatic N) is 1. The van der Waals surface area contributed by atoms with Gasteiger partial charge in [-0.25, -0.2) is 0 Å². The van der Waals surface area contributed by atoms with Crippen molar-refractivity contribution in [3.8, 4) is 11.1 Å². The average molecular weight is 559 g/mol. The van der Waals surface area contributed by atoms with E-state index in [0.717, 1.165) is 51.9 Å². The highest BCUT2D eigenvalue weighted by Gasteiger charge is 2.35. The maximum atomic E-state index is 14.0. The van der Waals surface area contributed by atoms with E-state index in [9.17, 15) is 14.4 Å². The van der Waals surface area contributed by atoms with Gasteiger partial charge < -0.3 is 15.0 Å². The van der Waals surface area contributed by atoms with Gasteiger partial charge in [-0.2, -0.15) is 0 Å². The number of hydrogen-bond donors (Lipinski definition) is 1. The Labute approximate surface area is 245 Å². The van der Waals surface area contributed by atoms with Gasteiger partial charge in [0.15, 0.2) is 5.78 Å². The van der Waals surface area contributed by atoms with Gasteiger partial charge in [-0.15, -0.1) is 0 Å². The summed E-state index contributed by atoms with van der Waals surface area (Å²) in [7, 11) is 5.40. The standard InChI is InChI=1S/C35H46N2O4/c1-22(2)17-30(29-20-26(15-16-37(6)7)25(5)18-32(29)38)35(40)36-31(21-33(39)41-8)27-13-10-14-28(19-27)34-23(3)11-9-12-24(34)4/h9-14,18-20,22,29-31H,15-17,21H2,1-8H3,(H,36,40)/t29?,30?,31-/m0/s1. The lowest BCUT2D eigenvalue weighted by Gasteiger charge is -2.30.